The summed E-state index contributed by atoms with van der Waals surface area (Å²) in [5.74, 6) is 1.53. The molecule has 0 amide bonds. The van der Waals surface area contributed by atoms with E-state index in [1.165, 1.54) is 0 Å². The third-order valence-corrected chi connectivity index (χ3v) is 3.89. The summed E-state index contributed by atoms with van der Waals surface area (Å²) in [5, 5.41) is 10.8. The Balaban J connectivity index is 2.46. The van der Waals surface area contributed by atoms with Gasteiger partial charge in [0.1, 0.15) is 0 Å². The van der Waals surface area contributed by atoms with Crippen LogP contribution in [0.2, 0.25) is 0 Å². The highest BCUT2D eigenvalue weighted by Crippen LogP contribution is 2.19. The van der Waals surface area contributed by atoms with Gasteiger partial charge < -0.3 is 5.32 Å². The van der Waals surface area contributed by atoms with Crippen molar-refractivity contribution in [2.45, 2.75) is 45.3 Å². The Labute approximate surface area is 113 Å². The van der Waals surface area contributed by atoms with Gasteiger partial charge in [0.05, 0.1) is 0 Å². The number of thioether (sulfide) groups is 1. The molecule has 2 N–H and O–H groups in total. The molecule has 1 rings (SSSR count). The quantitative estimate of drug-likeness (QED) is 0.560. The van der Waals surface area contributed by atoms with Crippen LogP contribution in [0.1, 0.15) is 40.2 Å². The van der Waals surface area contributed by atoms with E-state index in [9.17, 15) is 4.79 Å². The van der Waals surface area contributed by atoms with Gasteiger partial charge in [-0.3, -0.25) is 4.57 Å². The van der Waals surface area contributed by atoms with E-state index in [0.717, 1.165) is 30.4 Å². The summed E-state index contributed by atoms with van der Waals surface area (Å²) in [6.45, 7) is 10.4. The van der Waals surface area contributed by atoms with Crippen molar-refractivity contribution in [1.82, 2.24) is 20.1 Å². The first-order chi connectivity index (χ1) is 8.56. The first-order valence-electron chi connectivity index (χ1n) is 6.56. The van der Waals surface area contributed by atoms with Crippen molar-refractivity contribution in [2.24, 2.45) is 5.92 Å². The van der Waals surface area contributed by atoms with Crippen molar-refractivity contribution < 1.29 is 0 Å². The maximum absolute atomic E-state index is 11.6. The summed E-state index contributed by atoms with van der Waals surface area (Å²) in [7, 11) is 0. The second-order valence-electron chi connectivity index (χ2n) is 4.90. The van der Waals surface area contributed by atoms with Crippen LogP contribution >= 0.6 is 11.8 Å². The van der Waals surface area contributed by atoms with Gasteiger partial charge in [0, 0.05) is 11.8 Å². The molecule has 0 saturated carbocycles. The van der Waals surface area contributed by atoms with E-state index in [4.69, 9.17) is 0 Å². The first kappa shape index (κ1) is 15.3. The Morgan fingerprint density at radius 2 is 2.17 bits per heavy atom. The van der Waals surface area contributed by atoms with E-state index in [0.29, 0.717) is 5.92 Å². The summed E-state index contributed by atoms with van der Waals surface area (Å²) in [6, 6.07) is 0.146. The highest BCUT2D eigenvalue weighted by molar-refractivity contribution is 7.99. The minimum Gasteiger partial charge on any atom is -0.316 e. The van der Waals surface area contributed by atoms with Gasteiger partial charge in [-0.2, -0.15) is 0 Å². The number of H-pyrrole nitrogens is 1. The third kappa shape index (κ3) is 4.49. The summed E-state index contributed by atoms with van der Waals surface area (Å²) < 4.78 is 1.71. The van der Waals surface area contributed by atoms with Crippen molar-refractivity contribution in [1.29, 1.82) is 0 Å². The van der Waals surface area contributed by atoms with Gasteiger partial charge in [-0.05, 0) is 39.3 Å². The van der Waals surface area contributed by atoms with Crippen molar-refractivity contribution in [2.75, 3.05) is 18.8 Å². The van der Waals surface area contributed by atoms with Crippen LogP contribution < -0.4 is 11.0 Å². The van der Waals surface area contributed by atoms with Crippen molar-refractivity contribution in [3.05, 3.63) is 10.5 Å². The maximum Gasteiger partial charge on any atom is 0.344 e. The summed E-state index contributed by atoms with van der Waals surface area (Å²) in [5.41, 5.74) is -0.121. The number of aromatic amines is 1. The normalized spacial score (nSPS) is 13.2. The molecule has 0 spiro atoms. The van der Waals surface area contributed by atoms with Crippen LogP contribution in [0.3, 0.4) is 0 Å². The van der Waals surface area contributed by atoms with Crippen LogP contribution in [0.25, 0.3) is 0 Å². The average molecular weight is 272 g/mol. The first-order valence-corrected chi connectivity index (χ1v) is 7.55. The average Bonchev–Trinajstić information content (AvgIpc) is 2.68. The van der Waals surface area contributed by atoms with Crippen LogP contribution in [-0.4, -0.2) is 33.6 Å². The fraction of sp³-hybridized carbons (Fsp3) is 0.833. The van der Waals surface area contributed by atoms with Crippen LogP contribution in [0.4, 0.5) is 0 Å². The van der Waals surface area contributed by atoms with Crippen LogP contribution in [0, 0.1) is 5.92 Å². The van der Waals surface area contributed by atoms with E-state index in [1.54, 1.807) is 16.3 Å². The number of hydrogen-bond acceptors (Lipinski definition) is 4. The summed E-state index contributed by atoms with van der Waals surface area (Å²) >= 11 is 1.64. The van der Waals surface area contributed by atoms with E-state index >= 15 is 0 Å². The standard InChI is InChI=1S/C12H24N4OS/c1-5-6-13-7-10(4)8-18-12-15-14-11(17)16(12)9(2)3/h9-10,13H,5-8H2,1-4H3,(H,14,17). The molecule has 18 heavy (non-hydrogen) atoms. The third-order valence-electron chi connectivity index (χ3n) is 2.60. The number of nitrogens with one attached hydrogen (secondary N) is 2. The smallest absolute Gasteiger partial charge is 0.316 e. The molecule has 6 heteroatoms. The zero-order chi connectivity index (χ0) is 13.5. The van der Waals surface area contributed by atoms with E-state index in [2.05, 4.69) is 29.4 Å². The van der Waals surface area contributed by atoms with Crippen LogP contribution in [0.15, 0.2) is 9.95 Å². The molecule has 0 aliphatic rings. The fourth-order valence-electron chi connectivity index (χ4n) is 1.65. The van der Waals surface area contributed by atoms with Gasteiger partial charge >= 0.3 is 5.69 Å². The lowest BCUT2D eigenvalue weighted by atomic mass is 10.2. The van der Waals surface area contributed by atoms with E-state index in [1.807, 2.05) is 13.8 Å². The number of rotatable bonds is 8. The van der Waals surface area contributed by atoms with Gasteiger partial charge in [0.2, 0.25) is 0 Å². The largest absolute Gasteiger partial charge is 0.344 e. The van der Waals surface area contributed by atoms with E-state index < -0.39 is 0 Å². The van der Waals surface area contributed by atoms with Crippen molar-refractivity contribution in [3.8, 4) is 0 Å². The Morgan fingerprint density at radius 1 is 1.44 bits per heavy atom. The number of aromatic nitrogens is 3. The molecule has 104 valence electrons. The lowest BCUT2D eigenvalue weighted by Crippen LogP contribution is -2.23. The molecule has 1 aromatic heterocycles. The molecule has 1 aromatic rings. The van der Waals surface area contributed by atoms with Gasteiger partial charge in [0.25, 0.3) is 0 Å². The molecule has 1 heterocycles. The molecule has 0 saturated heterocycles. The predicted octanol–water partition coefficient (Wildman–Crippen LogP) is 1.88. The molecule has 1 atom stereocenters. The monoisotopic (exact) mass is 272 g/mol. The predicted molar refractivity (Wildman–Crippen MR) is 76.3 cm³/mol. The number of hydrogen-bond donors (Lipinski definition) is 2. The Kier molecular flexibility index (Phi) is 6.49. The Morgan fingerprint density at radius 3 is 2.78 bits per heavy atom. The van der Waals surface area contributed by atoms with Gasteiger partial charge in [-0.1, -0.05) is 25.6 Å². The molecule has 0 aliphatic carbocycles. The maximum atomic E-state index is 11.6. The molecule has 0 radical (unpaired) electrons. The minimum absolute atomic E-state index is 0.121. The highest BCUT2D eigenvalue weighted by atomic mass is 32.2. The van der Waals surface area contributed by atoms with Crippen molar-refractivity contribution in [3.63, 3.8) is 0 Å². The zero-order valence-electron chi connectivity index (χ0n) is 11.7. The lowest BCUT2D eigenvalue weighted by molar-refractivity contribution is 0.530. The minimum atomic E-state index is -0.121. The Bertz CT molecular complexity index is 399. The van der Waals surface area contributed by atoms with Gasteiger partial charge in [-0.25, -0.2) is 9.89 Å². The molecular formula is C12H24N4OS. The second kappa shape index (κ2) is 7.63. The molecule has 1 unspecified atom stereocenters. The molecule has 5 nitrogen and oxygen atoms in total. The zero-order valence-corrected chi connectivity index (χ0v) is 12.5. The molecule has 0 aliphatic heterocycles. The molecule has 0 aromatic carbocycles. The molecular weight excluding hydrogens is 248 g/mol. The van der Waals surface area contributed by atoms with E-state index in [-0.39, 0.29) is 11.7 Å². The summed E-state index contributed by atoms with van der Waals surface area (Å²) in [4.78, 5) is 11.6. The summed E-state index contributed by atoms with van der Waals surface area (Å²) in [6.07, 6.45) is 1.16. The Hall–Kier alpha value is -0.750. The fourth-order valence-corrected chi connectivity index (χ4v) is 2.74. The van der Waals surface area contributed by atoms with Gasteiger partial charge in [-0.15, -0.1) is 5.10 Å². The van der Waals surface area contributed by atoms with Crippen LogP contribution in [0.5, 0.6) is 0 Å². The van der Waals surface area contributed by atoms with Crippen molar-refractivity contribution >= 4 is 11.8 Å². The van der Waals surface area contributed by atoms with Gasteiger partial charge in [0.15, 0.2) is 5.16 Å². The SMILES string of the molecule is CCCNCC(C)CSc1n[nH]c(=O)n1C(C)C. The topological polar surface area (TPSA) is 62.7 Å². The molecule has 0 fully saturated rings. The second-order valence-corrected chi connectivity index (χ2v) is 5.88. The van der Waals surface area contributed by atoms with Crippen LogP contribution in [-0.2, 0) is 0 Å². The molecule has 0 bridgehead atoms. The lowest BCUT2D eigenvalue weighted by Gasteiger charge is -2.13. The highest BCUT2D eigenvalue weighted by Gasteiger charge is 2.13. The number of nitrogens with zero attached hydrogens (tertiary/aromatic N) is 2.